The highest BCUT2D eigenvalue weighted by Gasteiger charge is 2.71. The van der Waals surface area contributed by atoms with Crippen molar-refractivity contribution >= 4 is 0 Å². The van der Waals surface area contributed by atoms with E-state index in [2.05, 4.69) is 20.8 Å². The number of rotatable bonds is 2. The minimum atomic E-state index is -0.461. The highest BCUT2D eigenvalue weighted by molar-refractivity contribution is 5.12. The van der Waals surface area contributed by atoms with Crippen LogP contribution in [-0.4, -0.2) is 30.6 Å². The first-order valence-corrected chi connectivity index (χ1v) is 8.65. The summed E-state index contributed by atoms with van der Waals surface area (Å²) in [5, 5.41) is 0. The molecule has 2 bridgehead atoms. The molecular weight excluding hydrogens is 268 g/mol. The van der Waals surface area contributed by atoms with E-state index in [1.54, 1.807) is 0 Å². The molecule has 3 saturated heterocycles. The summed E-state index contributed by atoms with van der Waals surface area (Å²) >= 11 is 0. The standard InChI is InChI=1S/C17H28O4/c1-5-18-14-11(3)13-7-6-10(2)12-8-9-16(4)20-15(19-14)17(12,13)21-16/h10-15H,5-9H2,1-4H3/t10-,11-,12+,13+,14+,15-,16?,17?/m0/s1. The summed E-state index contributed by atoms with van der Waals surface area (Å²) in [6.45, 7) is 9.42. The molecule has 0 amide bonds. The predicted octanol–water partition coefficient (Wildman–Crippen LogP) is 3.30. The van der Waals surface area contributed by atoms with E-state index in [-0.39, 0.29) is 18.2 Å². The van der Waals surface area contributed by atoms with Crippen molar-refractivity contribution in [3.63, 3.8) is 0 Å². The van der Waals surface area contributed by atoms with Gasteiger partial charge in [-0.05, 0) is 44.9 Å². The van der Waals surface area contributed by atoms with Gasteiger partial charge in [0.2, 0.25) is 0 Å². The fourth-order valence-electron chi connectivity index (χ4n) is 5.49. The van der Waals surface area contributed by atoms with Crippen LogP contribution in [0.15, 0.2) is 0 Å². The Kier molecular flexibility index (Phi) is 3.21. The molecule has 1 saturated carbocycles. The summed E-state index contributed by atoms with van der Waals surface area (Å²) in [6, 6.07) is 0. The Morgan fingerprint density at radius 2 is 1.95 bits per heavy atom. The van der Waals surface area contributed by atoms with Crippen LogP contribution in [0.5, 0.6) is 0 Å². The van der Waals surface area contributed by atoms with E-state index in [4.69, 9.17) is 18.9 Å². The Labute approximate surface area is 127 Å². The zero-order valence-corrected chi connectivity index (χ0v) is 13.6. The average Bonchev–Trinajstić information content (AvgIpc) is 2.65. The van der Waals surface area contributed by atoms with Crippen LogP contribution in [0.4, 0.5) is 0 Å². The Bertz CT molecular complexity index is 427. The first-order valence-electron chi connectivity index (χ1n) is 8.65. The Balaban J connectivity index is 1.74. The second-order valence-corrected chi connectivity index (χ2v) is 7.66. The first-order chi connectivity index (χ1) is 10.00. The summed E-state index contributed by atoms with van der Waals surface area (Å²) in [6.07, 6.45) is 4.24. The Morgan fingerprint density at radius 1 is 1.14 bits per heavy atom. The Hall–Kier alpha value is -0.160. The maximum atomic E-state index is 6.61. The van der Waals surface area contributed by atoms with Crippen LogP contribution in [-0.2, 0) is 18.9 Å². The van der Waals surface area contributed by atoms with E-state index < -0.39 is 5.79 Å². The topological polar surface area (TPSA) is 36.9 Å². The van der Waals surface area contributed by atoms with Gasteiger partial charge in [0.25, 0.3) is 0 Å². The molecule has 3 aliphatic heterocycles. The molecule has 1 aliphatic carbocycles. The van der Waals surface area contributed by atoms with Crippen molar-refractivity contribution in [2.75, 3.05) is 6.61 Å². The van der Waals surface area contributed by atoms with Gasteiger partial charge in [-0.2, -0.15) is 0 Å². The molecule has 0 radical (unpaired) electrons. The Morgan fingerprint density at radius 3 is 2.71 bits per heavy atom. The largest absolute Gasteiger partial charge is 0.353 e. The van der Waals surface area contributed by atoms with Crippen molar-refractivity contribution in [2.24, 2.45) is 23.7 Å². The van der Waals surface area contributed by atoms with Gasteiger partial charge in [0.05, 0.1) is 0 Å². The van der Waals surface area contributed by atoms with Crippen LogP contribution in [0.3, 0.4) is 0 Å². The van der Waals surface area contributed by atoms with E-state index >= 15 is 0 Å². The van der Waals surface area contributed by atoms with E-state index in [9.17, 15) is 0 Å². The summed E-state index contributed by atoms with van der Waals surface area (Å²) in [5.74, 6) is 1.63. The molecule has 8 atom stereocenters. The monoisotopic (exact) mass is 296 g/mol. The van der Waals surface area contributed by atoms with Crippen LogP contribution in [0.25, 0.3) is 0 Å². The van der Waals surface area contributed by atoms with E-state index in [0.29, 0.717) is 30.3 Å². The van der Waals surface area contributed by atoms with Crippen molar-refractivity contribution in [2.45, 2.75) is 77.3 Å². The minimum Gasteiger partial charge on any atom is -0.353 e. The lowest BCUT2D eigenvalue weighted by Gasteiger charge is -2.58. The molecule has 0 N–H and O–H groups in total. The lowest BCUT2D eigenvalue weighted by atomic mass is 9.57. The molecule has 4 fully saturated rings. The van der Waals surface area contributed by atoms with Gasteiger partial charge in [-0.1, -0.05) is 13.8 Å². The highest BCUT2D eigenvalue weighted by atomic mass is 16.9. The number of ether oxygens (including phenoxy) is 4. The van der Waals surface area contributed by atoms with Gasteiger partial charge >= 0.3 is 0 Å². The maximum Gasteiger partial charge on any atom is 0.193 e. The van der Waals surface area contributed by atoms with Crippen molar-refractivity contribution in [1.29, 1.82) is 0 Å². The third kappa shape index (κ3) is 1.82. The van der Waals surface area contributed by atoms with Crippen LogP contribution < -0.4 is 0 Å². The highest BCUT2D eigenvalue weighted by Crippen LogP contribution is 2.63. The summed E-state index contributed by atoms with van der Waals surface area (Å²) in [4.78, 5) is 0. The zero-order chi connectivity index (χ0) is 14.8. The van der Waals surface area contributed by atoms with Crippen LogP contribution in [0, 0.1) is 23.7 Å². The number of hydrogen-bond donors (Lipinski definition) is 0. The molecule has 4 aliphatic rings. The summed E-state index contributed by atoms with van der Waals surface area (Å²) in [7, 11) is 0. The smallest absolute Gasteiger partial charge is 0.193 e. The van der Waals surface area contributed by atoms with Gasteiger partial charge < -0.3 is 18.9 Å². The van der Waals surface area contributed by atoms with Gasteiger partial charge in [-0.3, -0.25) is 0 Å². The van der Waals surface area contributed by atoms with Crippen molar-refractivity contribution in [3.05, 3.63) is 0 Å². The molecule has 0 aromatic carbocycles. The molecule has 3 heterocycles. The second-order valence-electron chi connectivity index (χ2n) is 7.66. The molecular formula is C17H28O4. The molecule has 4 heteroatoms. The van der Waals surface area contributed by atoms with Crippen molar-refractivity contribution in [1.82, 2.24) is 0 Å². The fraction of sp³-hybridized carbons (Fsp3) is 1.00. The fourth-order valence-corrected chi connectivity index (χ4v) is 5.49. The first kappa shape index (κ1) is 14.4. The van der Waals surface area contributed by atoms with Gasteiger partial charge in [0.15, 0.2) is 18.4 Å². The molecule has 0 aromatic rings. The third-order valence-corrected chi connectivity index (χ3v) is 6.46. The summed E-state index contributed by atoms with van der Waals surface area (Å²) < 4.78 is 25.0. The van der Waals surface area contributed by atoms with Crippen LogP contribution in [0.1, 0.15) is 53.4 Å². The molecule has 21 heavy (non-hydrogen) atoms. The van der Waals surface area contributed by atoms with Crippen LogP contribution in [0.2, 0.25) is 0 Å². The van der Waals surface area contributed by atoms with Crippen LogP contribution >= 0.6 is 0 Å². The molecule has 0 aromatic heterocycles. The third-order valence-electron chi connectivity index (χ3n) is 6.46. The average molecular weight is 296 g/mol. The normalized spacial score (nSPS) is 58.9. The van der Waals surface area contributed by atoms with Crippen molar-refractivity contribution < 1.29 is 18.9 Å². The molecule has 4 rings (SSSR count). The van der Waals surface area contributed by atoms with E-state index in [1.165, 1.54) is 19.3 Å². The number of fused-ring (bicyclic) bond motifs is 1. The van der Waals surface area contributed by atoms with Gasteiger partial charge in [-0.15, -0.1) is 0 Å². The molecule has 2 unspecified atom stereocenters. The maximum absolute atomic E-state index is 6.61. The second kappa shape index (κ2) is 4.67. The summed E-state index contributed by atoms with van der Waals surface area (Å²) in [5.41, 5.74) is -0.238. The SMILES string of the molecule is CCO[C@@H]1O[C@H]2OC3(C)CC[C@@H]4[C@@H](C)CC[C@H]([C@@H]1C)C24O3. The predicted molar refractivity (Wildman–Crippen MR) is 77.4 cm³/mol. The molecule has 4 nitrogen and oxygen atoms in total. The zero-order valence-electron chi connectivity index (χ0n) is 13.6. The number of hydrogen-bond acceptors (Lipinski definition) is 4. The quantitative estimate of drug-likeness (QED) is 0.783. The van der Waals surface area contributed by atoms with Gasteiger partial charge in [-0.25, -0.2) is 0 Å². The molecule has 120 valence electrons. The van der Waals surface area contributed by atoms with Gasteiger partial charge in [0.1, 0.15) is 5.60 Å². The van der Waals surface area contributed by atoms with Crippen molar-refractivity contribution in [3.8, 4) is 0 Å². The lowest BCUT2D eigenvalue weighted by molar-refractivity contribution is -0.336. The van der Waals surface area contributed by atoms with E-state index in [0.717, 1.165) is 6.42 Å². The van der Waals surface area contributed by atoms with E-state index in [1.807, 2.05) is 6.92 Å². The minimum absolute atomic E-state index is 0.156. The van der Waals surface area contributed by atoms with Gasteiger partial charge in [0, 0.05) is 24.9 Å². The lowest BCUT2D eigenvalue weighted by Crippen LogP contribution is -2.66. The molecule has 1 spiro atoms.